The minimum atomic E-state index is -0.562. The van der Waals surface area contributed by atoms with Gasteiger partial charge in [-0.2, -0.15) is 0 Å². The van der Waals surface area contributed by atoms with Gasteiger partial charge in [0.05, 0.1) is 63.7 Å². The molecule has 13 aromatic rings. The summed E-state index contributed by atoms with van der Waals surface area (Å²) in [6.45, 7) is 12.6. The van der Waals surface area contributed by atoms with Crippen LogP contribution >= 0.6 is 0 Å². The van der Waals surface area contributed by atoms with E-state index in [2.05, 4.69) is 62.5 Å². The second-order valence-corrected chi connectivity index (χ2v) is 19.1. The van der Waals surface area contributed by atoms with Crippen molar-refractivity contribution < 1.29 is 19.2 Å². The summed E-state index contributed by atoms with van der Waals surface area (Å²) >= 11 is 0. The van der Waals surface area contributed by atoms with Crippen LogP contribution < -0.4 is 9.80 Å². The van der Waals surface area contributed by atoms with Crippen LogP contribution in [0.2, 0.25) is 0 Å². The molecule has 4 nitrogen and oxygen atoms in total. The Kier molecular flexibility index (Phi) is 5.63. The standard InChI is InChI=1S/C62H50N4/c1-61(2,3)49-31-19-29-45-55-51(63(39-21-11-7-12-22-39)40-23-13-8-14-24-40)35-33-43-47-38-54-48(37-53(47)65(57(45)49)59(43)55)44-34-36-52(64(41-25-15-9-16-26-41)42-27-17-10-18-28-42)56-46-30-20-32-50(62(4,5)6)58(46)66(54)60(44)56/h7-38H,1-6H3/i7D,9D,11D,12D,15D,16D,21D,22D,25D,26D,33D,34D,35D,36D. The van der Waals surface area contributed by atoms with Crippen molar-refractivity contribution in [3.63, 3.8) is 0 Å². The molecule has 0 aliphatic rings. The quantitative estimate of drug-likeness (QED) is 0.165. The number of hydrogen-bond donors (Lipinski definition) is 0. The van der Waals surface area contributed by atoms with Gasteiger partial charge in [-0.15, -0.1) is 0 Å². The van der Waals surface area contributed by atoms with Crippen molar-refractivity contribution in [2.24, 2.45) is 0 Å². The fourth-order valence-corrected chi connectivity index (χ4v) is 10.5. The summed E-state index contributed by atoms with van der Waals surface area (Å²) in [6, 6.07) is 27.6. The van der Waals surface area contributed by atoms with Crippen molar-refractivity contribution in [2.75, 3.05) is 9.80 Å². The Labute approximate surface area is 404 Å². The molecule has 0 bridgehead atoms. The molecule has 0 saturated carbocycles. The van der Waals surface area contributed by atoms with Crippen LogP contribution in [0.15, 0.2) is 194 Å². The third kappa shape index (κ3) is 5.39. The molecular formula is C62H50N4. The highest BCUT2D eigenvalue weighted by molar-refractivity contribution is 6.32. The zero-order chi connectivity index (χ0) is 56.8. The highest BCUT2D eigenvalue weighted by atomic mass is 15.2. The van der Waals surface area contributed by atoms with Gasteiger partial charge in [-0.25, -0.2) is 0 Å². The lowest BCUT2D eigenvalue weighted by Gasteiger charge is -2.26. The maximum absolute atomic E-state index is 10.3. The summed E-state index contributed by atoms with van der Waals surface area (Å²) in [5.74, 6) is 0. The molecule has 0 fully saturated rings. The summed E-state index contributed by atoms with van der Waals surface area (Å²) < 4.78 is 135. The normalized spacial score (nSPS) is 15.7. The third-order valence-corrected chi connectivity index (χ3v) is 13.2. The molecule has 13 rings (SSSR count). The number of fused-ring (bicyclic) bond motifs is 12. The Morgan fingerprint density at radius 1 is 0.364 bits per heavy atom. The van der Waals surface area contributed by atoms with Gasteiger partial charge in [0.25, 0.3) is 0 Å². The molecule has 0 amide bonds. The van der Waals surface area contributed by atoms with E-state index in [0.29, 0.717) is 76.5 Å². The maximum Gasteiger partial charge on any atom is 0.0645 e. The summed E-state index contributed by atoms with van der Waals surface area (Å²) in [5, 5.41) is 4.61. The summed E-state index contributed by atoms with van der Waals surface area (Å²) in [6.07, 6.45) is 0. The molecule has 0 aliphatic heterocycles. The number of hydrogen-bond acceptors (Lipinski definition) is 2. The number of para-hydroxylation sites is 6. The molecule has 0 N–H and O–H groups in total. The predicted molar refractivity (Wildman–Crippen MR) is 283 cm³/mol. The molecule has 4 heteroatoms. The van der Waals surface area contributed by atoms with Crippen LogP contribution in [0.3, 0.4) is 0 Å². The zero-order valence-electron chi connectivity index (χ0n) is 51.2. The summed E-state index contributed by atoms with van der Waals surface area (Å²) in [4.78, 5) is 3.07. The van der Waals surface area contributed by atoms with E-state index >= 15 is 0 Å². The predicted octanol–water partition coefficient (Wildman–Crippen LogP) is 17.5. The van der Waals surface area contributed by atoms with Gasteiger partial charge in [0.1, 0.15) is 0 Å². The highest BCUT2D eigenvalue weighted by Gasteiger charge is 2.31. The van der Waals surface area contributed by atoms with Crippen LogP contribution in [0.1, 0.15) is 71.9 Å². The number of nitrogens with zero attached hydrogens (tertiary/aromatic N) is 4. The van der Waals surface area contributed by atoms with E-state index < -0.39 is 71.3 Å². The molecule has 0 saturated heterocycles. The Morgan fingerprint density at radius 2 is 0.758 bits per heavy atom. The van der Waals surface area contributed by atoms with Crippen LogP contribution in [0.4, 0.5) is 34.1 Å². The molecule has 0 radical (unpaired) electrons. The topological polar surface area (TPSA) is 15.3 Å². The fourth-order valence-electron chi connectivity index (χ4n) is 10.5. The van der Waals surface area contributed by atoms with Crippen LogP contribution in [0.5, 0.6) is 0 Å². The van der Waals surface area contributed by atoms with E-state index in [9.17, 15) is 11.0 Å². The number of aromatic nitrogens is 2. The first kappa shape index (κ1) is 26.8. The Balaban J connectivity index is 1.26. The van der Waals surface area contributed by atoms with E-state index in [1.54, 1.807) is 48.5 Å². The molecule has 0 aliphatic carbocycles. The third-order valence-electron chi connectivity index (χ3n) is 13.2. The van der Waals surface area contributed by atoms with Gasteiger partial charge < -0.3 is 18.6 Å². The molecule has 318 valence electrons. The fraction of sp³-hybridized carbons (Fsp3) is 0.129. The van der Waals surface area contributed by atoms with Crippen molar-refractivity contribution in [1.82, 2.24) is 8.80 Å². The summed E-state index contributed by atoms with van der Waals surface area (Å²) in [7, 11) is 0. The first-order chi connectivity index (χ1) is 37.9. The molecule has 0 atom stereocenters. The minimum Gasteiger partial charge on any atom is -0.310 e. The van der Waals surface area contributed by atoms with E-state index in [-0.39, 0.29) is 46.9 Å². The smallest absolute Gasteiger partial charge is 0.0645 e. The average Bonchev–Trinajstić information content (AvgIpc) is 3.87. The van der Waals surface area contributed by atoms with E-state index in [0.717, 1.165) is 22.2 Å². The summed E-state index contributed by atoms with van der Waals surface area (Å²) in [5.41, 5.74) is 5.73. The van der Waals surface area contributed by atoms with Gasteiger partial charge >= 0.3 is 0 Å². The lowest BCUT2D eigenvalue weighted by atomic mass is 9.85. The average molecular weight is 865 g/mol. The number of anilines is 6. The van der Waals surface area contributed by atoms with E-state index in [4.69, 9.17) is 8.22 Å². The Hall–Kier alpha value is -7.82. The number of rotatable bonds is 6. The van der Waals surface area contributed by atoms with Crippen molar-refractivity contribution in [2.45, 2.75) is 52.4 Å². The van der Waals surface area contributed by atoms with Crippen molar-refractivity contribution in [1.29, 1.82) is 0 Å². The minimum absolute atomic E-state index is 0.161. The lowest BCUT2D eigenvalue weighted by molar-refractivity contribution is 0.594. The van der Waals surface area contributed by atoms with Gasteiger partial charge in [-0.3, -0.25) is 0 Å². The van der Waals surface area contributed by atoms with Gasteiger partial charge in [0.15, 0.2) is 0 Å². The molecule has 66 heavy (non-hydrogen) atoms. The molecular weight excluding hydrogens is 801 g/mol. The molecule has 4 heterocycles. The maximum atomic E-state index is 10.3. The molecule has 9 aromatic carbocycles. The zero-order valence-corrected chi connectivity index (χ0v) is 37.2. The molecule has 0 spiro atoms. The van der Waals surface area contributed by atoms with Crippen molar-refractivity contribution in [3.05, 3.63) is 205 Å². The SMILES string of the molecule is [2H]c1c([2H])c([2H])c(N(c2ccccc2)c2c([2H])c([2H])c3c4cc5c(cc4n4c6c(C(C)(C)C)cccc6c2c34)c2c([2H])c([2H])c(N(c3ccccc3)c3c([2H])c([2H])c([2H])c([2H])c3[2H])c3c4cccc(C(C)(C)C)c4n5c23)c([2H])c1[2H]. The molecule has 0 unspecified atom stereocenters. The van der Waals surface area contributed by atoms with Gasteiger partial charge in [-0.1, -0.05) is 163 Å². The van der Waals surface area contributed by atoms with Gasteiger partial charge in [0.2, 0.25) is 0 Å². The first-order valence-electron chi connectivity index (χ1n) is 29.1. The largest absolute Gasteiger partial charge is 0.310 e. The van der Waals surface area contributed by atoms with Crippen LogP contribution in [0, 0.1) is 0 Å². The van der Waals surface area contributed by atoms with Crippen LogP contribution in [0.25, 0.3) is 76.2 Å². The lowest BCUT2D eigenvalue weighted by Crippen LogP contribution is -2.12. The monoisotopic (exact) mass is 864 g/mol. The van der Waals surface area contributed by atoms with Crippen LogP contribution in [-0.4, -0.2) is 8.80 Å². The second-order valence-electron chi connectivity index (χ2n) is 19.1. The Morgan fingerprint density at radius 3 is 1.14 bits per heavy atom. The van der Waals surface area contributed by atoms with Gasteiger partial charge in [-0.05, 0) is 94.6 Å². The first-order valence-corrected chi connectivity index (χ1v) is 22.1. The number of benzene rings is 9. The van der Waals surface area contributed by atoms with Gasteiger partial charge in [0, 0.05) is 65.8 Å². The Bertz CT molecular complexity index is 4480. The highest BCUT2D eigenvalue weighted by Crippen LogP contribution is 2.52. The van der Waals surface area contributed by atoms with E-state index in [1.807, 2.05) is 48.5 Å². The van der Waals surface area contributed by atoms with Crippen LogP contribution in [-0.2, 0) is 10.8 Å². The molecule has 4 aromatic heterocycles. The second kappa shape index (κ2) is 13.8. The van der Waals surface area contributed by atoms with Crippen molar-refractivity contribution >= 4 is 110 Å². The van der Waals surface area contributed by atoms with Crippen molar-refractivity contribution in [3.8, 4) is 0 Å². The van der Waals surface area contributed by atoms with E-state index in [1.165, 1.54) is 9.80 Å².